The predicted molar refractivity (Wildman–Crippen MR) is 120 cm³/mol. The molecule has 150 valence electrons. The van der Waals surface area contributed by atoms with Crippen molar-refractivity contribution in [1.29, 1.82) is 0 Å². The standard InChI is InChI=1S/C23H22ClNO3S/c1-26-19-10-6-9-17(11-19)14-25-23(29)18-12-20(24)22(21(13-18)27-2)28-15-16-7-4-3-5-8-16/h3-13H,14-15H2,1-2H3,(H,25,29). The van der Waals surface area contributed by atoms with Crippen LogP contribution in [0.3, 0.4) is 0 Å². The molecular formula is C23H22ClNO3S. The van der Waals surface area contributed by atoms with Crippen LogP contribution in [0.2, 0.25) is 5.02 Å². The van der Waals surface area contributed by atoms with Crippen molar-refractivity contribution in [3.63, 3.8) is 0 Å². The van der Waals surface area contributed by atoms with Crippen LogP contribution in [-0.4, -0.2) is 19.2 Å². The summed E-state index contributed by atoms with van der Waals surface area (Å²) < 4.78 is 16.6. The van der Waals surface area contributed by atoms with Crippen molar-refractivity contribution in [2.24, 2.45) is 0 Å². The van der Waals surface area contributed by atoms with Gasteiger partial charge in [-0.25, -0.2) is 0 Å². The Hall–Kier alpha value is -2.76. The Morgan fingerprint density at radius 1 is 0.931 bits per heavy atom. The second-order valence-corrected chi connectivity index (χ2v) is 7.11. The maximum absolute atomic E-state index is 6.47. The Labute approximate surface area is 181 Å². The number of methoxy groups -OCH3 is 2. The van der Waals surface area contributed by atoms with E-state index in [0.717, 1.165) is 22.4 Å². The van der Waals surface area contributed by atoms with Gasteiger partial charge < -0.3 is 19.5 Å². The minimum Gasteiger partial charge on any atom is -0.497 e. The number of hydrogen-bond acceptors (Lipinski definition) is 4. The van der Waals surface area contributed by atoms with Crippen molar-refractivity contribution >= 4 is 28.8 Å². The van der Waals surface area contributed by atoms with E-state index in [2.05, 4.69) is 5.32 Å². The Kier molecular flexibility index (Phi) is 7.33. The smallest absolute Gasteiger partial charge is 0.180 e. The van der Waals surface area contributed by atoms with Gasteiger partial charge in [0.1, 0.15) is 17.3 Å². The summed E-state index contributed by atoms with van der Waals surface area (Å²) >= 11 is 12.0. The maximum Gasteiger partial charge on any atom is 0.180 e. The molecule has 3 aromatic carbocycles. The third kappa shape index (κ3) is 5.62. The van der Waals surface area contributed by atoms with Crippen LogP contribution >= 0.6 is 23.8 Å². The predicted octanol–water partition coefficient (Wildman–Crippen LogP) is 5.40. The fourth-order valence-corrected chi connectivity index (χ4v) is 3.24. The van der Waals surface area contributed by atoms with Crippen LogP contribution in [0.1, 0.15) is 16.7 Å². The van der Waals surface area contributed by atoms with Gasteiger partial charge in [0.05, 0.1) is 19.2 Å². The van der Waals surface area contributed by atoms with E-state index in [-0.39, 0.29) is 0 Å². The van der Waals surface area contributed by atoms with Gasteiger partial charge in [-0.05, 0) is 35.4 Å². The molecule has 0 fully saturated rings. The summed E-state index contributed by atoms with van der Waals surface area (Å²) in [5.41, 5.74) is 2.87. The van der Waals surface area contributed by atoms with Crippen molar-refractivity contribution in [1.82, 2.24) is 5.32 Å². The van der Waals surface area contributed by atoms with Gasteiger partial charge in [-0.15, -0.1) is 0 Å². The zero-order valence-corrected chi connectivity index (χ0v) is 17.8. The Balaban J connectivity index is 1.70. The summed E-state index contributed by atoms with van der Waals surface area (Å²) in [7, 11) is 3.23. The van der Waals surface area contributed by atoms with Gasteiger partial charge in [-0.3, -0.25) is 0 Å². The number of hydrogen-bond donors (Lipinski definition) is 1. The molecule has 0 aromatic heterocycles. The SMILES string of the molecule is COc1cccc(CNC(=S)c2cc(Cl)c(OCc3ccccc3)c(OC)c2)c1. The quantitative estimate of drug-likeness (QED) is 0.487. The number of nitrogens with one attached hydrogen (secondary N) is 1. The fraction of sp³-hybridized carbons (Fsp3) is 0.174. The van der Waals surface area contributed by atoms with E-state index < -0.39 is 0 Å². The van der Waals surface area contributed by atoms with Crippen LogP contribution < -0.4 is 19.5 Å². The average molecular weight is 428 g/mol. The topological polar surface area (TPSA) is 39.7 Å². The van der Waals surface area contributed by atoms with Crippen LogP contribution in [0.5, 0.6) is 17.2 Å². The van der Waals surface area contributed by atoms with E-state index in [9.17, 15) is 0 Å². The normalized spacial score (nSPS) is 10.3. The molecule has 0 heterocycles. The lowest BCUT2D eigenvalue weighted by atomic mass is 10.1. The third-order valence-electron chi connectivity index (χ3n) is 4.30. The summed E-state index contributed by atoms with van der Waals surface area (Å²) in [6.07, 6.45) is 0. The van der Waals surface area contributed by atoms with Crippen LogP contribution in [0.4, 0.5) is 0 Å². The Morgan fingerprint density at radius 2 is 1.69 bits per heavy atom. The van der Waals surface area contributed by atoms with Gasteiger partial charge in [-0.1, -0.05) is 66.3 Å². The highest BCUT2D eigenvalue weighted by atomic mass is 35.5. The maximum atomic E-state index is 6.47. The molecule has 0 radical (unpaired) electrons. The molecule has 29 heavy (non-hydrogen) atoms. The van der Waals surface area contributed by atoms with Crippen LogP contribution in [0, 0.1) is 0 Å². The van der Waals surface area contributed by atoms with E-state index in [1.54, 1.807) is 20.3 Å². The fourth-order valence-electron chi connectivity index (χ4n) is 2.79. The number of rotatable bonds is 8. The highest BCUT2D eigenvalue weighted by molar-refractivity contribution is 7.80. The molecule has 0 bridgehead atoms. The lowest BCUT2D eigenvalue weighted by Crippen LogP contribution is -2.21. The minimum absolute atomic E-state index is 0.398. The van der Waals surface area contributed by atoms with Gasteiger partial charge in [0.25, 0.3) is 0 Å². The van der Waals surface area contributed by atoms with Gasteiger partial charge >= 0.3 is 0 Å². The Bertz CT molecular complexity index is 979. The molecule has 0 aliphatic rings. The number of thiocarbonyl (C=S) groups is 1. The van der Waals surface area contributed by atoms with Crippen molar-refractivity contribution in [3.8, 4) is 17.2 Å². The lowest BCUT2D eigenvalue weighted by molar-refractivity contribution is 0.284. The molecule has 0 aliphatic heterocycles. The summed E-state index contributed by atoms with van der Waals surface area (Å²) in [5, 5.41) is 3.69. The number of benzene rings is 3. The average Bonchev–Trinajstić information content (AvgIpc) is 2.77. The van der Waals surface area contributed by atoms with Gasteiger partial charge in [0.15, 0.2) is 11.5 Å². The van der Waals surface area contributed by atoms with E-state index in [1.165, 1.54) is 0 Å². The summed E-state index contributed by atoms with van der Waals surface area (Å²) in [6, 6.07) is 21.3. The minimum atomic E-state index is 0.398. The number of halogens is 1. The van der Waals surface area contributed by atoms with Gasteiger partial charge in [-0.2, -0.15) is 0 Å². The Morgan fingerprint density at radius 3 is 2.41 bits per heavy atom. The van der Waals surface area contributed by atoms with Crippen LogP contribution in [0.15, 0.2) is 66.7 Å². The summed E-state index contributed by atoms with van der Waals surface area (Å²) in [4.78, 5) is 0.572. The monoisotopic (exact) mass is 427 g/mol. The summed E-state index contributed by atoms with van der Waals surface area (Å²) in [6.45, 7) is 0.969. The van der Waals surface area contributed by atoms with E-state index >= 15 is 0 Å². The second-order valence-electron chi connectivity index (χ2n) is 6.30. The van der Waals surface area contributed by atoms with E-state index in [1.807, 2.05) is 60.7 Å². The lowest BCUT2D eigenvalue weighted by Gasteiger charge is -2.15. The largest absolute Gasteiger partial charge is 0.497 e. The molecule has 6 heteroatoms. The molecule has 0 amide bonds. The number of ether oxygens (including phenoxy) is 3. The van der Waals surface area contributed by atoms with Gasteiger partial charge in [0.2, 0.25) is 0 Å². The van der Waals surface area contributed by atoms with Crippen molar-refractivity contribution in [2.75, 3.05) is 14.2 Å². The van der Waals surface area contributed by atoms with Gasteiger partial charge in [0, 0.05) is 12.1 Å². The summed E-state index contributed by atoms with van der Waals surface area (Å²) in [5.74, 6) is 1.84. The second kappa shape index (κ2) is 10.1. The van der Waals surface area contributed by atoms with Crippen molar-refractivity contribution in [3.05, 3.63) is 88.4 Å². The highest BCUT2D eigenvalue weighted by Gasteiger charge is 2.14. The third-order valence-corrected chi connectivity index (χ3v) is 4.97. The van der Waals surface area contributed by atoms with Crippen molar-refractivity contribution < 1.29 is 14.2 Å². The first-order chi connectivity index (χ1) is 14.1. The first-order valence-corrected chi connectivity index (χ1v) is 9.84. The molecule has 3 aromatic rings. The molecule has 0 spiro atoms. The molecule has 0 unspecified atom stereocenters. The molecule has 1 N–H and O–H groups in total. The van der Waals surface area contributed by atoms with Crippen LogP contribution in [-0.2, 0) is 13.2 Å². The highest BCUT2D eigenvalue weighted by Crippen LogP contribution is 2.37. The molecular weight excluding hydrogens is 406 g/mol. The molecule has 0 atom stereocenters. The first-order valence-electron chi connectivity index (χ1n) is 9.06. The molecule has 0 aliphatic carbocycles. The molecule has 4 nitrogen and oxygen atoms in total. The zero-order chi connectivity index (χ0) is 20.6. The molecule has 0 saturated heterocycles. The molecule has 3 rings (SSSR count). The van der Waals surface area contributed by atoms with E-state index in [4.69, 9.17) is 38.0 Å². The first kappa shape index (κ1) is 21.0. The van der Waals surface area contributed by atoms with E-state index in [0.29, 0.717) is 34.7 Å². The molecule has 0 saturated carbocycles. The van der Waals surface area contributed by atoms with Crippen LogP contribution in [0.25, 0.3) is 0 Å². The zero-order valence-electron chi connectivity index (χ0n) is 16.3. The van der Waals surface area contributed by atoms with Crippen molar-refractivity contribution in [2.45, 2.75) is 13.2 Å².